The van der Waals surface area contributed by atoms with Gasteiger partial charge in [-0.2, -0.15) is 18.2 Å². The fraction of sp³-hybridized carbons (Fsp3) is 0.222. The van der Waals surface area contributed by atoms with E-state index in [-0.39, 0.29) is 18.0 Å². The first-order valence-electron chi connectivity index (χ1n) is 11.1. The molecule has 1 aromatic heterocycles. The SMILES string of the molecule is Cc1cc(-c2noc(-c3ccc(-c4ccccc4C(F)(F)F)c(C)c3)n2)ccc1CN(C)CC(=O)O. The van der Waals surface area contributed by atoms with E-state index in [1.807, 2.05) is 25.1 Å². The van der Waals surface area contributed by atoms with E-state index in [0.29, 0.717) is 29.1 Å². The minimum atomic E-state index is -4.46. The van der Waals surface area contributed by atoms with E-state index < -0.39 is 17.7 Å². The molecule has 0 bridgehead atoms. The Kier molecular flexibility index (Phi) is 6.94. The summed E-state index contributed by atoms with van der Waals surface area (Å²) in [6.07, 6.45) is -4.46. The van der Waals surface area contributed by atoms with Crippen LogP contribution in [0.3, 0.4) is 0 Å². The molecule has 3 aromatic carbocycles. The molecule has 0 aliphatic heterocycles. The average molecular weight is 496 g/mol. The van der Waals surface area contributed by atoms with Gasteiger partial charge in [0.25, 0.3) is 5.89 Å². The van der Waals surface area contributed by atoms with E-state index in [9.17, 15) is 18.0 Å². The molecular formula is C27H24F3N3O3. The molecule has 0 saturated heterocycles. The predicted molar refractivity (Wildman–Crippen MR) is 129 cm³/mol. The lowest BCUT2D eigenvalue weighted by Crippen LogP contribution is -2.25. The third-order valence-electron chi connectivity index (χ3n) is 5.87. The highest BCUT2D eigenvalue weighted by Crippen LogP contribution is 2.38. The molecule has 0 spiro atoms. The predicted octanol–water partition coefficient (Wildman–Crippen LogP) is 6.22. The van der Waals surface area contributed by atoms with Crippen LogP contribution in [-0.2, 0) is 17.5 Å². The van der Waals surface area contributed by atoms with Crippen LogP contribution >= 0.6 is 0 Å². The molecule has 36 heavy (non-hydrogen) atoms. The Balaban J connectivity index is 1.58. The van der Waals surface area contributed by atoms with Crippen LogP contribution < -0.4 is 0 Å². The van der Waals surface area contributed by atoms with Crippen LogP contribution in [0.2, 0.25) is 0 Å². The summed E-state index contributed by atoms with van der Waals surface area (Å²) in [6, 6.07) is 16.2. The Morgan fingerprint density at radius 3 is 2.33 bits per heavy atom. The highest BCUT2D eigenvalue weighted by molar-refractivity contribution is 5.74. The van der Waals surface area contributed by atoms with Crippen molar-refractivity contribution in [2.45, 2.75) is 26.6 Å². The van der Waals surface area contributed by atoms with Gasteiger partial charge in [0.05, 0.1) is 12.1 Å². The number of benzene rings is 3. The number of aryl methyl sites for hydroxylation is 2. The molecule has 0 unspecified atom stereocenters. The van der Waals surface area contributed by atoms with E-state index in [4.69, 9.17) is 9.63 Å². The third kappa shape index (κ3) is 5.46. The van der Waals surface area contributed by atoms with Crippen LogP contribution in [0, 0.1) is 13.8 Å². The molecule has 6 nitrogen and oxygen atoms in total. The molecule has 1 heterocycles. The number of alkyl halides is 3. The van der Waals surface area contributed by atoms with Crippen molar-refractivity contribution in [3.63, 3.8) is 0 Å². The number of carboxylic acid groups (broad SMARTS) is 1. The highest BCUT2D eigenvalue weighted by Gasteiger charge is 2.33. The quantitative estimate of drug-likeness (QED) is 0.328. The molecule has 0 saturated carbocycles. The summed E-state index contributed by atoms with van der Waals surface area (Å²) >= 11 is 0. The maximum absolute atomic E-state index is 13.5. The zero-order valence-electron chi connectivity index (χ0n) is 19.9. The number of carboxylic acids is 1. The third-order valence-corrected chi connectivity index (χ3v) is 5.87. The van der Waals surface area contributed by atoms with Gasteiger partial charge in [0.15, 0.2) is 0 Å². The lowest BCUT2D eigenvalue weighted by atomic mass is 9.94. The van der Waals surface area contributed by atoms with Crippen LogP contribution in [0.15, 0.2) is 65.2 Å². The van der Waals surface area contributed by atoms with E-state index in [0.717, 1.165) is 22.8 Å². The van der Waals surface area contributed by atoms with Gasteiger partial charge in [0.2, 0.25) is 5.82 Å². The summed E-state index contributed by atoms with van der Waals surface area (Å²) in [5, 5.41) is 13.0. The number of carbonyl (C=O) groups is 1. The number of halogens is 3. The minimum Gasteiger partial charge on any atom is -0.480 e. The number of aromatic nitrogens is 2. The molecule has 0 amide bonds. The Morgan fingerprint density at radius 1 is 0.972 bits per heavy atom. The van der Waals surface area contributed by atoms with Crippen LogP contribution in [0.5, 0.6) is 0 Å². The Bertz CT molecular complexity index is 1410. The van der Waals surface area contributed by atoms with Crippen molar-refractivity contribution in [2.24, 2.45) is 0 Å². The molecule has 4 aromatic rings. The molecule has 4 rings (SSSR count). The maximum atomic E-state index is 13.5. The topological polar surface area (TPSA) is 79.5 Å². The van der Waals surface area contributed by atoms with Gasteiger partial charge in [0, 0.05) is 17.7 Å². The fourth-order valence-corrected chi connectivity index (χ4v) is 4.11. The highest BCUT2D eigenvalue weighted by atomic mass is 19.4. The molecule has 186 valence electrons. The zero-order valence-corrected chi connectivity index (χ0v) is 19.9. The van der Waals surface area contributed by atoms with E-state index in [2.05, 4.69) is 10.1 Å². The van der Waals surface area contributed by atoms with Crippen molar-refractivity contribution in [1.29, 1.82) is 0 Å². The summed E-state index contributed by atoms with van der Waals surface area (Å²) in [7, 11) is 1.74. The van der Waals surface area contributed by atoms with Crippen molar-refractivity contribution in [2.75, 3.05) is 13.6 Å². The first-order valence-corrected chi connectivity index (χ1v) is 11.1. The monoisotopic (exact) mass is 495 g/mol. The van der Waals surface area contributed by atoms with Gasteiger partial charge in [-0.15, -0.1) is 0 Å². The van der Waals surface area contributed by atoms with Crippen LogP contribution in [-0.4, -0.2) is 39.7 Å². The Labute approximate surface area is 206 Å². The van der Waals surface area contributed by atoms with Gasteiger partial charge in [-0.3, -0.25) is 9.69 Å². The lowest BCUT2D eigenvalue weighted by Gasteiger charge is -2.16. The number of aliphatic carboxylic acids is 1. The van der Waals surface area contributed by atoms with E-state index in [1.165, 1.54) is 12.1 Å². The van der Waals surface area contributed by atoms with Crippen LogP contribution in [0.1, 0.15) is 22.3 Å². The number of rotatable bonds is 7. The number of likely N-dealkylation sites (N-methyl/N-ethyl adjacent to an activating group) is 1. The Morgan fingerprint density at radius 2 is 1.67 bits per heavy atom. The number of nitrogens with zero attached hydrogens (tertiary/aromatic N) is 3. The van der Waals surface area contributed by atoms with Gasteiger partial charge in [-0.1, -0.05) is 41.6 Å². The second-order valence-corrected chi connectivity index (χ2v) is 8.70. The molecule has 0 fully saturated rings. The normalized spacial score (nSPS) is 11.8. The molecule has 0 atom stereocenters. The second-order valence-electron chi connectivity index (χ2n) is 8.70. The first kappa shape index (κ1) is 25.1. The summed E-state index contributed by atoms with van der Waals surface area (Å²) in [5.41, 5.74) is 3.83. The van der Waals surface area contributed by atoms with Crippen LogP contribution in [0.25, 0.3) is 34.0 Å². The fourth-order valence-electron chi connectivity index (χ4n) is 4.11. The van der Waals surface area contributed by atoms with Gasteiger partial charge >= 0.3 is 12.1 Å². The molecule has 0 radical (unpaired) electrons. The van der Waals surface area contributed by atoms with Crippen molar-refractivity contribution in [3.05, 3.63) is 82.9 Å². The average Bonchev–Trinajstić information content (AvgIpc) is 3.30. The van der Waals surface area contributed by atoms with Crippen molar-refractivity contribution in [3.8, 4) is 34.0 Å². The van der Waals surface area contributed by atoms with E-state index >= 15 is 0 Å². The Hall–Kier alpha value is -3.98. The summed E-state index contributed by atoms with van der Waals surface area (Å²) < 4.78 is 45.9. The summed E-state index contributed by atoms with van der Waals surface area (Å²) in [4.78, 5) is 17.1. The van der Waals surface area contributed by atoms with Gasteiger partial charge < -0.3 is 9.63 Å². The molecule has 0 aliphatic rings. The van der Waals surface area contributed by atoms with Gasteiger partial charge in [0.1, 0.15) is 0 Å². The zero-order chi connectivity index (χ0) is 26.0. The first-order chi connectivity index (χ1) is 17.0. The maximum Gasteiger partial charge on any atom is 0.417 e. The van der Waals surface area contributed by atoms with Crippen molar-refractivity contribution < 1.29 is 27.6 Å². The lowest BCUT2D eigenvalue weighted by molar-refractivity contribution is -0.138. The van der Waals surface area contributed by atoms with Crippen LogP contribution in [0.4, 0.5) is 13.2 Å². The molecule has 0 aliphatic carbocycles. The molecular weight excluding hydrogens is 471 g/mol. The number of hydrogen-bond donors (Lipinski definition) is 1. The largest absolute Gasteiger partial charge is 0.480 e. The minimum absolute atomic E-state index is 0.0601. The summed E-state index contributed by atoms with van der Waals surface area (Å²) in [6.45, 7) is 4.09. The van der Waals surface area contributed by atoms with Crippen molar-refractivity contribution in [1.82, 2.24) is 15.0 Å². The number of hydrogen-bond acceptors (Lipinski definition) is 5. The second kappa shape index (κ2) is 9.94. The standard InChI is InChI=1S/C27H24F3N3O3/c1-16-12-18(8-9-20(16)14-33(3)15-24(34)35)25-31-26(36-32-25)19-10-11-21(17(2)13-19)22-6-4-5-7-23(22)27(28,29)30/h4-13H,14-15H2,1-3H3,(H,34,35). The molecule has 1 N–H and O–H groups in total. The van der Waals surface area contributed by atoms with Gasteiger partial charge in [-0.25, -0.2) is 0 Å². The van der Waals surface area contributed by atoms with Crippen molar-refractivity contribution >= 4 is 5.97 Å². The molecule has 9 heteroatoms. The van der Waals surface area contributed by atoms with E-state index in [1.54, 1.807) is 43.1 Å². The summed E-state index contributed by atoms with van der Waals surface area (Å²) in [5.74, 6) is -0.256. The van der Waals surface area contributed by atoms with Gasteiger partial charge in [-0.05, 0) is 73.0 Å². The smallest absolute Gasteiger partial charge is 0.417 e.